The maximum absolute atomic E-state index is 12.2. The van der Waals surface area contributed by atoms with Crippen LogP contribution in [-0.2, 0) is 11.3 Å². The average Bonchev–Trinajstić information content (AvgIpc) is 2.56. The second kappa shape index (κ2) is 8.88. The number of carbonyl (C=O) groups is 1. The minimum atomic E-state index is -0.0620. The van der Waals surface area contributed by atoms with E-state index in [0.29, 0.717) is 29.4 Å². The lowest BCUT2D eigenvalue weighted by Gasteiger charge is -2.18. The van der Waals surface area contributed by atoms with Gasteiger partial charge in [-0.1, -0.05) is 35.4 Å². The van der Waals surface area contributed by atoms with Crippen molar-refractivity contribution in [2.24, 2.45) is 0 Å². The number of hydrogen-bond acceptors (Lipinski definition) is 3. The molecular formula is C20H25ClN2O2. The zero-order chi connectivity index (χ0) is 18.4. The van der Waals surface area contributed by atoms with Gasteiger partial charge in [-0.15, -0.1) is 0 Å². The lowest BCUT2D eigenvalue weighted by Crippen LogP contribution is -2.24. The molecule has 0 atom stereocenters. The van der Waals surface area contributed by atoms with Crippen LogP contribution in [0.15, 0.2) is 36.4 Å². The highest BCUT2D eigenvalue weighted by Crippen LogP contribution is 2.27. The monoisotopic (exact) mass is 360 g/mol. The van der Waals surface area contributed by atoms with Crippen molar-refractivity contribution >= 4 is 23.2 Å². The molecule has 134 valence electrons. The number of hydrogen-bond donors (Lipinski definition) is 1. The Morgan fingerprint density at radius 3 is 2.64 bits per heavy atom. The first-order valence-corrected chi connectivity index (χ1v) is 8.65. The Kier molecular flexibility index (Phi) is 6.85. The van der Waals surface area contributed by atoms with E-state index in [4.69, 9.17) is 16.3 Å². The molecule has 0 saturated heterocycles. The number of rotatable bonds is 7. The number of carbonyl (C=O) groups excluding carboxylic acids is 1. The molecule has 0 saturated carbocycles. The van der Waals surface area contributed by atoms with Gasteiger partial charge in [0.15, 0.2) is 0 Å². The zero-order valence-electron chi connectivity index (χ0n) is 15.2. The van der Waals surface area contributed by atoms with Gasteiger partial charge in [0.1, 0.15) is 5.75 Å². The number of ether oxygens (including phenoxy) is 1. The molecule has 2 aromatic carbocycles. The quantitative estimate of drug-likeness (QED) is 0.794. The Labute approximate surface area is 154 Å². The molecule has 0 spiro atoms. The van der Waals surface area contributed by atoms with Crippen LogP contribution in [0, 0.1) is 13.8 Å². The molecule has 0 bridgehead atoms. The Balaban J connectivity index is 1.88. The van der Waals surface area contributed by atoms with Crippen LogP contribution in [0.5, 0.6) is 5.75 Å². The predicted octanol–water partition coefficient (Wildman–Crippen LogP) is 4.43. The van der Waals surface area contributed by atoms with Crippen molar-refractivity contribution in [3.63, 3.8) is 0 Å². The van der Waals surface area contributed by atoms with Gasteiger partial charge in [0.05, 0.1) is 12.8 Å². The first kappa shape index (κ1) is 19.3. The summed E-state index contributed by atoms with van der Waals surface area (Å²) in [5.41, 5.74) is 4.42. The van der Waals surface area contributed by atoms with Crippen LogP contribution in [-0.4, -0.2) is 31.5 Å². The third-order valence-electron chi connectivity index (χ3n) is 4.09. The molecule has 0 aliphatic rings. The van der Waals surface area contributed by atoms with Crippen LogP contribution >= 0.6 is 11.6 Å². The van der Waals surface area contributed by atoms with E-state index in [0.717, 1.165) is 6.54 Å². The summed E-state index contributed by atoms with van der Waals surface area (Å²) in [6.45, 7) is 5.70. The standard InChI is InChI=1S/C20H25ClN2O2/c1-14-5-6-16(15(2)11-14)13-23(3)10-9-20(24)22-18-12-17(21)7-8-19(18)25-4/h5-8,11-12H,9-10,13H2,1-4H3,(H,22,24). The van der Waals surface area contributed by atoms with Gasteiger partial charge in [0, 0.05) is 24.5 Å². The maximum Gasteiger partial charge on any atom is 0.225 e. The number of nitrogens with one attached hydrogen (secondary N) is 1. The topological polar surface area (TPSA) is 41.6 Å². The van der Waals surface area contributed by atoms with Crippen LogP contribution in [0.25, 0.3) is 0 Å². The number of halogens is 1. The number of aryl methyl sites for hydroxylation is 2. The van der Waals surface area contributed by atoms with E-state index in [1.54, 1.807) is 25.3 Å². The van der Waals surface area contributed by atoms with Crippen molar-refractivity contribution in [3.05, 3.63) is 58.1 Å². The molecule has 1 amide bonds. The largest absolute Gasteiger partial charge is 0.495 e. The smallest absolute Gasteiger partial charge is 0.225 e. The highest BCUT2D eigenvalue weighted by molar-refractivity contribution is 6.31. The van der Waals surface area contributed by atoms with E-state index in [1.807, 2.05) is 7.05 Å². The summed E-state index contributed by atoms with van der Waals surface area (Å²) in [4.78, 5) is 14.4. The van der Waals surface area contributed by atoms with Crippen molar-refractivity contribution in [3.8, 4) is 5.75 Å². The van der Waals surface area contributed by atoms with Crippen molar-refractivity contribution in [1.29, 1.82) is 0 Å². The molecule has 0 aliphatic carbocycles. The maximum atomic E-state index is 12.2. The van der Waals surface area contributed by atoms with Gasteiger partial charge >= 0.3 is 0 Å². The predicted molar refractivity (Wildman–Crippen MR) is 104 cm³/mol. The SMILES string of the molecule is COc1ccc(Cl)cc1NC(=O)CCN(C)Cc1ccc(C)cc1C. The summed E-state index contributed by atoms with van der Waals surface area (Å²) >= 11 is 5.99. The fourth-order valence-electron chi connectivity index (χ4n) is 2.68. The summed E-state index contributed by atoms with van der Waals surface area (Å²) in [5.74, 6) is 0.537. The molecule has 5 heteroatoms. The molecule has 2 aromatic rings. The van der Waals surface area contributed by atoms with Crippen LogP contribution in [0.3, 0.4) is 0 Å². The average molecular weight is 361 g/mol. The molecule has 0 aliphatic heterocycles. The number of benzene rings is 2. The van der Waals surface area contributed by atoms with E-state index >= 15 is 0 Å². The molecule has 25 heavy (non-hydrogen) atoms. The number of amides is 1. The van der Waals surface area contributed by atoms with Crippen LogP contribution in [0.2, 0.25) is 5.02 Å². The van der Waals surface area contributed by atoms with E-state index < -0.39 is 0 Å². The number of anilines is 1. The Bertz CT molecular complexity index is 746. The van der Waals surface area contributed by atoms with Crippen molar-refractivity contribution < 1.29 is 9.53 Å². The van der Waals surface area contributed by atoms with Crippen LogP contribution in [0.1, 0.15) is 23.1 Å². The minimum Gasteiger partial charge on any atom is -0.495 e. The van der Waals surface area contributed by atoms with Crippen LogP contribution < -0.4 is 10.1 Å². The first-order valence-electron chi connectivity index (χ1n) is 8.27. The van der Waals surface area contributed by atoms with Crippen molar-refractivity contribution in [2.45, 2.75) is 26.8 Å². The molecule has 0 heterocycles. The highest BCUT2D eigenvalue weighted by Gasteiger charge is 2.10. The third-order valence-corrected chi connectivity index (χ3v) is 4.33. The molecule has 2 rings (SSSR count). The minimum absolute atomic E-state index is 0.0620. The molecule has 0 fully saturated rings. The lowest BCUT2D eigenvalue weighted by atomic mass is 10.1. The summed E-state index contributed by atoms with van der Waals surface area (Å²) in [6.07, 6.45) is 0.400. The summed E-state index contributed by atoms with van der Waals surface area (Å²) < 4.78 is 5.24. The molecule has 0 aromatic heterocycles. The van der Waals surface area contributed by atoms with Gasteiger partial charge in [-0.25, -0.2) is 0 Å². The Morgan fingerprint density at radius 1 is 1.20 bits per heavy atom. The Morgan fingerprint density at radius 2 is 1.96 bits per heavy atom. The molecule has 0 unspecified atom stereocenters. The van der Waals surface area contributed by atoms with Crippen molar-refractivity contribution in [1.82, 2.24) is 4.90 Å². The van der Waals surface area contributed by atoms with Crippen molar-refractivity contribution in [2.75, 3.05) is 26.0 Å². The Hall–Kier alpha value is -2.04. The first-order chi connectivity index (χ1) is 11.9. The van der Waals surface area contributed by atoms with Gasteiger partial charge in [-0.2, -0.15) is 0 Å². The summed E-state index contributed by atoms with van der Waals surface area (Å²) in [5, 5.41) is 3.42. The molecule has 1 N–H and O–H groups in total. The van der Waals surface area contributed by atoms with Gasteiger partial charge in [-0.3, -0.25) is 4.79 Å². The molecule has 0 radical (unpaired) electrons. The van der Waals surface area contributed by atoms with Gasteiger partial charge in [0.2, 0.25) is 5.91 Å². The normalized spacial score (nSPS) is 10.8. The third kappa shape index (κ3) is 5.76. The van der Waals surface area contributed by atoms with Gasteiger partial charge in [-0.05, 0) is 50.2 Å². The van der Waals surface area contributed by atoms with E-state index in [9.17, 15) is 4.79 Å². The van der Waals surface area contributed by atoms with E-state index in [1.165, 1.54) is 16.7 Å². The van der Waals surface area contributed by atoms with E-state index in [-0.39, 0.29) is 5.91 Å². The van der Waals surface area contributed by atoms with Gasteiger partial charge < -0.3 is 15.0 Å². The number of methoxy groups -OCH3 is 1. The summed E-state index contributed by atoms with van der Waals surface area (Å²) in [6, 6.07) is 11.6. The molecular weight excluding hydrogens is 336 g/mol. The van der Waals surface area contributed by atoms with Crippen LogP contribution in [0.4, 0.5) is 5.69 Å². The fourth-order valence-corrected chi connectivity index (χ4v) is 2.85. The zero-order valence-corrected chi connectivity index (χ0v) is 16.0. The van der Waals surface area contributed by atoms with E-state index in [2.05, 4.69) is 42.3 Å². The van der Waals surface area contributed by atoms with Gasteiger partial charge in [0.25, 0.3) is 0 Å². The molecule has 4 nitrogen and oxygen atoms in total. The number of nitrogens with zero attached hydrogens (tertiary/aromatic N) is 1. The second-order valence-electron chi connectivity index (χ2n) is 6.31. The second-order valence-corrected chi connectivity index (χ2v) is 6.75. The lowest BCUT2D eigenvalue weighted by molar-refractivity contribution is -0.116. The fraction of sp³-hybridized carbons (Fsp3) is 0.350. The highest BCUT2D eigenvalue weighted by atomic mass is 35.5. The summed E-state index contributed by atoms with van der Waals surface area (Å²) in [7, 11) is 3.59.